The first-order valence-electron chi connectivity index (χ1n) is 4.50. The Morgan fingerprint density at radius 1 is 1.23 bits per heavy atom. The van der Waals surface area contributed by atoms with E-state index in [0.717, 1.165) is 11.8 Å². The molecular formula is C11H15NO. The SMILES string of the molecule is CC(C)NC(C=O)c1ccccc1. The minimum atomic E-state index is -0.179. The van der Waals surface area contributed by atoms with Crippen molar-refractivity contribution in [1.82, 2.24) is 5.32 Å². The molecule has 1 N–H and O–H groups in total. The van der Waals surface area contributed by atoms with Crippen LogP contribution in [0, 0.1) is 0 Å². The second-order valence-corrected chi connectivity index (χ2v) is 3.35. The topological polar surface area (TPSA) is 29.1 Å². The average Bonchev–Trinajstić information content (AvgIpc) is 2.15. The van der Waals surface area contributed by atoms with Crippen LogP contribution in [0.1, 0.15) is 25.5 Å². The van der Waals surface area contributed by atoms with Gasteiger partial charge in [-0.2, -0.15) is 0 Å². The van der Waals surface area contributed by atoms with Crippen molar-refractivity contribution >= 4 is 6.29 Å². The van der Waals surface area contributed by atoms with E-state index in [-0.39, 0.29) is 6.04 Å². The van der Waals surface area contributed by atoms with Gasteiger partial charge in [0, 0.05) is 6.04 Å². The van der Waals surface area contributed by atoms with E-state index in [1.807, 2.05) is 44.2 Å². The maximum Gasteiger partial charge on any atom is 0.141 e. The van der Waals surface area contributed by atoms with Crippen LogP contribution in [0.3, 0.4) is 0 Å². The van der Waals surface area contributed by atoms with Gasteiger partial charge in [0.1, 0.15) is 6.29 Å². The van der Waals surface area contributed by atoms with Gasteiger partial charge >= 0.3 is 0 Å². The molecule has 1 atom stereocenters. The fourth-order valence-corrected chi connectivity index (χ4v) is 1.23. The summed E-state index contributed by atoms with van der Waals surface area (Å²) in [5, 5.41) is 3.18. The minimum Gasteiger partial charge on any atom is -0.302 e. The van der Waals surface area contributed by atoms with Crippen LogP contribution in [0.15, 0.2) is 30.3 Å². The Labute approximate surface area is 79.0 Å². The van der Waals surface area contributed by atoms with Gasteiger partial charge in [-0.1, -0.05) is 30.3 Å². The van der Waals surface area contributed by atoms with Crippen LogP contribution in [-0.2, 0) is 4.79 Å². The predicted octanol–water partition coefficient (Wildman–Crippen LogP) is 1.92. The van der Waals surface area contributed by atoms with Gasteiger partial charge in [-0.15, -0.1) is 0 Å². The summed E-state index contributed by atoms with van der Waals surface area (Å²) in [6, 6.07) is 9.86. The molecule has 70 valence electrons. The molecule has 0 saturated carbocycles. The summed E-state index contributed by atoms with van der Waals surface area (Å²) in [6.07, 6.45) is 0.940. The lowest BCUT2D eigenvalue weighted by atomic mass is 10.1. The minimum absolute atomic E-state index is 0.179. The van der Waals surface area contributed by atoms with Gasteiger partial charge in [-0.3, -0.25) is 0 Å². The molecule has 2 heteroatoms. The Morgan fingerprint density at radius 3 is 2.31 bits per heavy atom. The largest absolute Gasteiger partial charge is 0.302 e. The van der Waals surface area contributed by atoms with Crippen molar-refractivity contribution in [1.29, 1.82) is 0 Å². The highest BCUT2D eigenvalue weighted by Gasteiger charge is 2.09. The number of nitrogens with one attached hydrogen (secondary N) is 1. The van der Waals surface area contributed by atoms with Crippen molar-refractivity contribution < 1.29 is 4.79 Å². The van der Waals surface area contributed by atoms with Crippen LogP contribution < -0.4 is 5.32 Å². The van der Waals surface area contributed by atoms with Gasteiger partial charge in [0.15, 0.2) is 0 Å². The summed E-state index contributed by atoms with van der Waals surface area (Å²) in [6.45, 7) is 4.05. The normalized spacial score (nSPS) is 12.8. The lowest BCUT2D eigenvalue weighted by molar-refractivity contribution is -0.109. The molecule has 1 aromatic carbocycles. The van der Waals surface area contributed by atoms with Gasteiger partial charge in [-0.25, -0.2) is 0 Å². The Hall–Kier alpha value is -1.15. The lowest BCUT2D eigenvalue weighted by Crippen LogP contribution is -2.28. The number of hydrogen-bond donors (Lipinski definition) is 1. The van der Waals surface area contributed by atoms with Crippen molar-refractivity contribution in [3.8, 4) is 0 Å². The van der Waals surface area contributed by atoms with Crippen LogP contribution in [-0.4, -0.2) is 12.3 Å². The van der Waals surface area contributed by atoms with Crippen LogP contribution in [0.25, 0.3) is 0 Å². The van der Waals surface area contributed by atoms with Gasteiger partial charge in [0.05, 0.1) is 6.04 Å². The zero-order chi connectivity index (χ0) is 9.68. The predicted molar refractivity (Wildman–Crippen MR) is 53.5 cm³/mol. The molecule has 0 aliphatic rings. The quantitative estimate of drug-likeness (QED) is 0.712. The van der Waals surface area contributed by atoms with Crippen molar-refractivity contribution in [3.63, 3.8) is 0 Å². The molecule has 0 bridgehead atoms. The maximum atomic E-state index is 10.8. The van der Waals surface area contributed by atoms with Crippen molar-refractivity contribution in [2.24, 2.45) is 0 Å². The summed E-state index contributed by atoms with van der Waals surface area (Å²) in [5.41, 5.74) is 1.02. The number of benzene rings is 1. The monoisotopic (exact) mass is 177 g/mol. The van der Waals surface area contributed by atoms with Crippen molar-refractivity contribution in [3.05, 3.63) is 35.9 Å². The zero-order valence-electron chi connectivity index (χ0n) is 8.03. The summed E-state index contributed by atoms with van der Waals surface area (Å²) in [4.78, 5) is 10.8. The average molecular weight is 177 g/mol. The first-order chi connectivity index (χ1) is 6.24. The van der Waals surface area contributed by atoms with Gasteiger partial charge in [0.25, 0.3) is 0 Å². The number of hydrogen-bond acceptors (Lipinski definition) is 2. The van der Waals surface area contributed by atoms with E-state index in [1.165, 1.54) is 0 Å². The summed E-state index contributed by atoms with van der Waals surface area (Å²) in [7, 11) is 0. The van der Waals surface area contributed by atoms with E-state index in [4.69, 9.17) is 0 Å². The van der Waals surface area contributed by atoms with E-state index >= 15 is 0 Å². The first-order valence-corrected chi connectivity index (χ1v) is 4.50. The third kappa shape index (κ3) is 2.99. The van der Waals surface area contributed by atoms with E-state index in [1.54, 1.807) is 0 Å². The van der Waals surface area contributed by atoms with Crippen LogP contribution in [0.4, 0.5) is 0 Å². The Kier molecular flexibility index (Phi) is 3.65. The Balaban J connectivity index is 2.73. The maximum absolute atomic E-state index is 10.8. The van der Waals surface area contributed by atoms with Crippen LogP contribution >= 0.6 is 0 Å². The van der Waals surface area contributed by atoms with Crippen LogP contribution in [0.2, 0.25) is 0 Å². The Morgan fingerprint density at radius 2 is 1.85 bits per heavy atom. The Bertz CT molecular complexity index is 256. The second-order valence-electron chi connectivity index (χ2n) is 3.35. The van der Waals surface area contributed by atoms with E-state index in [2.05, 4.69) is 5.32 Å². The molecule has 0 saturated heterocycles. The molecule has 2 nitrogen and oxygen atoms in total. The number of carbonyl (C=O) groups is 1. The van der Waals surface area contributed by atoms with Gasteiger partial charge < -0.3 is 10.1 Å². The highest BCUT2D eigenvalue weighted by atomic mass is 16.1. The fraction of sp³-hybridized carbons (Fsp3) is 0.364. The van der Waals surface area contributed by atoms with Crippen molar-refractivity contribution in [2.45, 2.75) is 25.9 Å². The number of rotatable bonds is 4. The molecule has 1 rings (SSSR count). The third-order valence-electron chi connectivity index (χ3n) is 1.81. The molecule has 13 heavy (non-hydrogen) atoms. The molecule has 0 fully saturated rings. The molecule has 0 amide bonds. The van der Waals surface area contributed by atoms with Crippen molar-refractivity contribution in [2.75, 3.05) is 0 Å². The molecule has 0 heterocycles. The fourth-order valence-electron chi connectivity index (χ4n) is 1.23. The van der Waals surface area contributed by atoms with E-state index in [9.17, 15) is 4.79 Å². The summed E-state index contributed by atoms with van der Waals surface area (Å²) < 4.78 is 0. The van der Waals surface area contributed by atoms with Gasteiger partial charge in [-0.05, 0) is 19.4 Å². The molecular weight excluding hydrogens is 162 g/mol. The molecule has 0 aromatic heterocycles. The highest BCUT2D eigenvalue weighted by molar-refractivity contribution is 5.61. The van der Waals surface area contributed by atoms with Gasteiger partial charge in [0.2, 0.25) is 0 Å². The smallest absolute Gasteiger partial charge is 0.141 e. The molecule has 0 radical (unpaired) electrons. The summed E-state index contributed by atoms with van der Waals surface area (Å²) >= 11 is 0. The molecule has 1 aromatic rings. The molecule has 0 aliphatic heterocycles. The van der Waals surface area contributed by atoms with Crippen LogP contribution in [0.5, 0.6) is 0 Å². The highest BCUT2D eigenvalue weighted by Crippen LogP contribution is 2.10. The molecule has 1 unspecified atom stereocenters. The standard InChI is InChI=1S/C11H15NO/c1-9(2)12-11(8-13)10-6-4-3-5-7-10/h3-9,11-12H,1-2H3. The second kappa shape index (κ2) is 4.77. The number of aldehydes is 1. The zero-order valence-corrected chi connectivity index (χ0v) is 8.03. The molecule has 0 spiro atoms. The van der Waals surface area contributed by atoms with E-state index < -0.39 is 0 Å². The third-order valence-corrected chi connectivity index (χ3v) is 1.81. The molecule has 0 aliphatic carbocycles. The lowest BCUT2D eigenvalue weighted by Gasteiger charge is -2.15. The number of carbonyl (C=O) groups excluding carboxylic acids is 1. The summed E-state index contributed by atoms with van der Waals surface area (Å²) in [5.74, 6) is 0. The van der Waals surface area contributed by atoms with E-state index in [0.29, 0.717) is 6.04 Å². The first kappa shape index (κ1) is 9.93.